The largest absolute Gasteiger partial charge is 0.462 e. The maximum Gasteiger partial charge on any atom is 0.338 e. The molecule has 1 aliphatic rings. The Morgan fingerprint density at radius 3 is 2.54 bits per heavy atom. The van der Waals surface area contributed by atoms with Crippen molar-refractivity contribution in [2.45, 2.75) is 18.2 Å². The van der Waals surface area contributed by atoms with Crippen LogP contribution < -0.4 is 9.62 Å². The molecule has 0 aromatic heterocycles. The Morgan fingerprint density at radius 1 is 1.25 bits per heavy atom. The number of ether oxygens (including phenoxy) is 2. The van der Waals surface area contributed by atoms with Crippen LogP contribution in [-0.4, -0.2) is 60.4 Å². The summed E-state index contributed by atoms with van der Waals surface area (Å²) in [5, 5.41) is 0. The van der Waals surface area contributed by atoms with Gasteiger partial charge in [0.05, 0.1) is 36.8 Å². The highest BCUT2D eigenvalue weighted by Crippen LogP contribution is 2.11. The summed E-state index contributed by atoms with van der Waals surface area (Å²) in [6.07, 6.45) is 0.773. The van der Waals surface area contributed by atoms with Crippen molar-refractivity contribution in [1.29, 1.82) is 0 Å². The first-order valence-electron chi connectivity index (χ1n) is 8.21. The van der Waals surface area contributed by atoms with E-state index in [1.807, 2.05) is 0 Å². The monoisotopic (exact) mass is 357 g/mol. The lowest BCUT2D eigenvalue weighted by atomic mass is 10.2. The van der Waals surface area contributed by atoms with E-state index in [0.717, 1.165) is 39.3 Å². The van der Waals surface area contributed by atoms with Gasteiger partial charge in [0.25, 0.3) is 0 Å². The molecule has 0 aliphatic carbocycles. The summed E-state index contributed by atoms with van der Waals surface area (Å²) in [7, 11) is -3.55. The summed E-state index contributed by atoms with van der Waals surface area (Å²) in [6.45, 7) is 6.82. The quantitative estimate of drug-likeness (QED) is 0.481. The number of hydrogen-bond acceptors (Lipinski definition) is 5. The van der Waals surface area contributed by atoms with E-state index in [2.05, 4.69) is 4.72 Å². The molecule has 134 valence electrons. The van der Waals surface area contributed by atoms with E-state index in [-0.39, 0.29) is 11.5 Å². The van der Waals surface area contributed by atoms with Crippen LogP contribution >= 0.6 is 0 Å². The van der Waals surface area contributed by atoms with E-state index in [9.17, 15) is 13.2 Å². The molecule has 0 radical (unpaired) electrons. The number of hydrogen-bond donors (Lipinski definition) is 2. The van der Waals surface area contributed by atoms with Gasteiger partial charge in [-0.1, -0.05) is 0 Å². The molecule has 8 heteroatoms. The van der Waals surface area contributed by atoms with Crippen LogP contribution in [0.15, 0.2) is 29.2 Å². The lowest BCUT2D eigenvalue weighted by Crippen LogP contribution is -3.14. The van der Waals surface area contributed by atoms with Crippen LogP contribution in [0.4, 0.5) is 0 Å². The van der Waals surface area contributed by atoms with E-state index in [1.165, 1.54) is 29.2 Å². The van der Waals surface area contributed by atoms with E-state index >= 15 is 0 Å². The second-order valence-corrected chi connectivity index (χ2v) is 7.38. The molecule has 7 nitrogen and oxygen atoms in total. The highest BCUT2D eigenvalue weighted by atomic mass is 32.2. The second kappa shape index (κ2) is 9.12. The van der Waals surface area contributed by atoms with Gasteiger partial charge in [-0.25, -0.2) is 17.9 Å². The highest BCUT2D eigenvalue weighted by Gasteiger charge is 2.16. The summed E-state index contributed by atoms with van der Waals surface area (Å²) in [5.41, 5.74) is 0.340. The van der Waals surface area contributed by atoms with Crippen molar-refractivity contribution < 1.29 is 27.6 Å². The molecule has 0 unspecified atom stereocenters. The molecule has 1 aromatic rings. The molecule has 24 heavy (non-hydrogen) atoms. The van der Waals surface area contributed by atoms with E-state index < -0.39 is 16.0 Å². The number of sulfonamides is 1. The molecular formula is C16H25N2O5S+. The van der Waals surface area contributed by atoms with Crippen molar-refractivity contribution in [3.63, 3.8) is 0 Å². The molecule has 1 fully saturated rings. The predicted octanol–water partition coefficient (Wildman–Crippen LogP) is -0.553. The average Bonchev–Trinajstić information content (AvgIpc) is 2.60. The topological polar surface area (TPSA) is 86.1 Å². The zero-order chi connectivity index (χ0) is 17.4. The molecule has 2 rings (SSSR count). The smallest absolute Gasteiger partial charge is 0.338 e. The third kappa shape index (κ3) is 5.55. The Kier molecular flexibility index (Phi) is 7.16. The highest BCUT2D eigenvalue weighted by molar-refractivity contribution is 7.89. The first kappa shape index (κ1) is 18.9. The second-order valence-electron chi connectivity index (χ2n) is 5.61. The molecule has 0 bridgehead atoms. The molecular weight excluding hydrogens is 332 g/mol. The molecule has 1 aliphatic heterocycles. The van der Waals surface area contributed by atoms with Crippen molar-refractivity contribution in [2.24, 2.45) is 0 Å². The Bertz CT molecular complexity index is 624. The Labute approximate surface area is 143 Å². The standard InChI is InChI=1S/C16H24N2O5S/c1-2-23-16(19)14-4-6-15(7-5-14)24(20,21)17-8-3-9-18-10-12-22-13-11-18/h4-7,17H,2-3,8-13H2,1H3/p+1. The van der Waals surface area contributed by atoms with Gasteiger partial charge in [0, 0.05) is 13.0 Å². The molecule has 1 heterocycles. The lowest BCUT2D eigenvalue weighted by molar-refractivity contribution is -0.908. The first-order valence-corrected chi connectivity index (χ1v) is 9.69. The predicted molar refractivity (Wildman–Crippen MR) is 88.6 cm³/mol. The van der Waals surface area contributed by atoms with Gasteiger partial charge in [0.1, 0.15) is 13.1 Å². The van der Waals surface area contributed by atoms with Crippen LogP contribution in [0.5, 0.6) is 0 Å². The summed E-state index contributed by atoms with van der Waals surface area (Å²) in [6, 6.07) is 5.76. The maximum absolute atomic E-state index is 12.2. The van der Waals surface area contributed by atoms with Gasteiger partial charge in [-0.15, -0.1) is 0 Å². The number of esters is 1. The Balaban J connectivity index is 1.82. The Morgan fingerprint density at radius 2 is 1.92 bits per heavy atom. The molecule has 0 saturated carbocycles. The van der Waals surface area contributed by atoms with Gasteiger partial charge in [-0.2, -0.15) is 0 Å². The van der Waals surface area contributed by atoms with Gasteiger partial charge in [-0.05, 0) is 31.2 Å². The number of nitrogens with one attached hydrogen (secondary N) is 2. The van der Waals surface area contributed by atoms with Crippen LogP contribution in [0.2, 0.25) is 0 Å². The first-order chi connectivity index (χ1) is 11.5. The van der Waals surface area contributed by atoms with Gasteiger partial charge < -0.3 is 14.4 Å². The van der Waals surface area contributed by atoms with Crippen molar-refractivity contribution >= 4 is 16.0 Å². The van der Waals surface area contributed by atoms with E-state index in [0.29, 0.717) is 12.1 Å². The minimum atomic E-state index is -3.55. The van der Waals surface area contributed by atoms with Crippen LogP contribution in [-0.2, 0) is 19.5 Å². The normalized spacial score (nSPS) is 16.0. The molecule has 1 saturated heterocycles. The third-order valence-corrected chi connectivity index (χ3v) is 5.35. The fourth-order valence-corrected chi connectivity index (χ4v) is 3.60. The van der Waals surface area contributed by atoms with Crippen LogP contribution in [0, 0.1) is 0 Å². The number of morpholine rings is 1. The van der Waals surface area contributed by atoms with Crippen LogP contribution in [0.1, 0.15) is 23.7 Å². The average molecular weight is 357 g/mol. The number of carbonyl (C=O) groups is 1. The van der Waals surface area contributed by atoms with E-state index in [4.69, 9.17) is 9.47 Å². The van der Waals surface area contributed by atoms with Gasteiger partial charge in [0.15, 0.2) is 0 Å². The molecule has 0 spiro atoms. The summed E-state index contributed by atoms with van der Waals surface area (Å²) >= 11 is 0. The van der Waals surface area contributed by atoms with Gasteiger partial charge >= 0.3 is 5.97 Å². The number of rotatable bonds is 8. The van der Waals surface area contributed by atoms with Crippen molar-refractivity contribution in [2.75, 3.05) is 46.0 Å². The van der Waals surface area contributed by atoms with Crippen LogP contribution in [0.3, 0.4) is 0 Å². The van der Waals surface area contributed by atoms with Crippen molar-refractivity contribution in [1.82, 2.24) is 4.72 Å². The summed E-state index contributed by atoms with van der Waals surface area (Å²) in [5.74, 6) is -0.456. The van der Waals surface area contributed by atoms with Gasteiger partial charge in [-0.3, -0.25) is 0 Å². The van der Waals surface area contributed by atoms with Gasteiger partial charge in [0.2, 0.25) is 10.0 Å². The summed E-state index contributed by atoms with van der Waals surface area (Å²) in [4.78, 5) is 13.2. The molecule has 2 N–H and O–H groups in total. The van der Waals surface area contributed by atoms with E-state index in [1.54, 1.807) is 6.92 Å². The maximum atomic E-state index is 12.2. The minimum Gasteiger partial charge on any atom is -0.462 e. The fraction of sp³-hybridized carbons (Fsp3) is 0.562. The van der Waals surface area contributed by atoms with Crippen LogP contribution in [0.25, 0.3) is 0 Å². The summed E-state index contributed by atoms with van der Waals surface area (Å²) < 4.78 is 37.2. The third-order valence-electron chi connectivity index (χ3n) is 3.87. The lowest BCUT2D eigenvalue weighted by Gasteiger charge is -2.23. The fourth-order valence-electron chi connectivity index (χ4n) is 2.52. The number of quaternary nitrogens is 1. The van der Waals surface area contributed by atoms with Crippen molar-refractivity contribution in [3.05, 3.63) is 29.8 Å². The number of benzene rings is 1. The zero-order valence-corrected chi connectivity index (χ0v) is 14.7. The Hall–Kier alpha value is -1.48. The molecule has 1 aromatic carbocycles. The number of carbonyl (C=O) groups excluding carboxylic acids is 1. The SMILES string of the molecule is CCOC(=O)c1ccc(S(=O)(=O)NCCC[NH+]2CCOCC2)cc1. The minimum absolute atomic E-state index is 0.147. The molecule has 0 atom stereocenters. The molecule has 0 amide bonds. The zero-order valence-electron chi connectivity index (χ0n) is 13.9. The van der Waals surface area contributed by atoms with Crippen molar-refractivity contribution in [3.8, 4) is 0 Å².